The molecule has 1 aliphatic rings. The molecule has 10 nitrogen and oxygen atoms in total. The summed E-state index contributed by atoms with van der Waals surface area (Å²) in [6, 6.07) is 6.78. The van der Waals surface area contributed by atoms with E-state index in [9.17, 15) is 31.5 Å². The molecule has 3 heterocycles. The van der Waals surface area contributed by atoms with Crippen LogP contribution in [0.5, 0.6) is 0 Å². The van der Waals surface area contributed by atoms with Crippen LogP contribution in [0.25, 0.3) is 11.2 Å². The molecule has 0 saturated carbocycles. The zero-order chi connectivity index (χ0) is 26.8. The first-order valence-electron chi connectivity index (χ1n) is 11.3. The number of benzene rings is 1. The van der Waals surface area contributed by atoms with Crippen molar-refractivity contribution in [1.29, 1.82) is 0 Å². The summed E-state index contributed by atoms with van der Waals surface area (Å²) >= 11 is 0. The number of halogens is 3. The highest BCUT2D eigenvalue weighted by molar-refractivity contribution is 7.95. The fourth-order valence-corrected chi connectivity index (χ4v) is 5.52. The number of rotatable bonds is 7. The lowest BCUT2D eigenvalue weighted by molar-refractivity contribution is -0.137. The molecule has 1 amide bonds. The number of carbonyl (C=O) groups excluding carboxylic acids is 1. The summed E-state index contributed by atoms with van der Waals surface area (Å²) in [6.45, 7) is 0.226. The number of hydrogen-bond donors (Lipinski definition) is 0. The van der Waals surface area contributed by atoms with Crippen LogP contribution >= 0.6 is 0 Å². The highest BCUT2D eigenvalue weighted by Crippen LogP contribution is 2.32. The van der Waals surface area contributed by atoms with E-state index < -0.39 is 38.5 Å². The maximum absolute atomic E-state index is 13.2. The summed E-state index contributed by atoms with van der Waals surface area (Å²) in [5, 5.41) is 0. The Morgan fingerprint density at radius 2 is 1.89 bits per heavy atom. The van der Waals surface area contributed by atoms with Crippen molar-refractivity contribution in [3.8, 4) is 0 Å². The van der Waals surface area contributed by atoms with E-state index in [1.54, 1.807) is 12.1 Å². The lowest BCUT2D eigenvalue weighted by Gasteiger charge is -2.35. The number of piperazine rings is 1. The molecule has 0 spiro atoms. The third-order valence-corrected chi connectivity index (χ3v) is 7.85. The summed E-state index contributed by atoms with van der Waals surface area (Å²) in [5.74, 6) is -0.660. The van der Waals surface area contributed by atoms with Gasteiger partial charge < -0.3 is 14.2 Å². The summed E-state index contributed by atoms with van der Waals surface area (Å²) in [7, 11) is -2.69. The standard InChI is InChI=1S/C23H24F3N5O5S/c1-36-14-4-9-31-20-18(7-3-8-27-20)28-19(22(31)33)21(32)29-10-12-30(13-11-29)37(34,35)17-6-2-5-16(15-17)23(24,25)26/h2-3,5-8,15H,4,9-14H2,1H3. The van der Waals surface area contributed by atoms with Crippen molar-refractivity contribution < 1.29 is 31.5 Å². The summed E-state index contributed by atoms with van der Waals surface area (Å²) in [4.78, 5) is 35.7. The monoisotopic (exact) mass is 539 g/mol. The van der Waals surface area contributed by atoms with Crippen LogP contribution in [0.4, 0.5) is 13.2 Å². The number of pyridine rings is 1. The van der Waals surface area contributed by atoms with Crippen molar-refractivity contribution in [2.24, 2.45) is 0 Å². The van der Waals surface area contributed by atoms with Crippen molar-refractivity contribution in [3.05, 3.63) is 64.2 Å². The van der Waals surface area contributed by atoms with Gasteiger partial charge in [-0.25, -0.2) is 9.97 Å². The highest BCUT2D eigenvalue weighted by Gasteiger charge is 2.38. The molecule has 4 rings (SSSR count). The van der Waals surface area contributed by atoms with Crippen molar-refractivity contribution in [3.63, 3.8) is 0 Å². The average molecular weight is 540 g/mol. The predicted octanol–water partition coefficient (Wildman–Crippen LogP) is 2.21. The molecule has 0 bridgehead atoms. The molecular weight excluding hydrogens is 515 g/mol. The molecular formula is C23H24F3N5O5S. The van der Waals surface area contributed by atoms with E-state index in [0.29, 0.717) is 30.3 Å². The van der Waals surface area contributed by atoms with Crippen molar-refractivity contribution in [1.82, 2.24) is 23.7 Å². The first kappa shape index (κ1) is 26.9. The number of aromatic nitrogens is 3. The van der Waals surface area contributed by atoms with Crippen LogP contribution in [0.15, 0.2) is 52.3 Å². The van der Waals surface area contributed by atoms with Gasteiger partial charge in [0.1, 0.15) is 5.52 Å². The molecule has 2 aromatic heterocycles. The predicted molar refractivity (Wildman–Crippen MR) is 126 cm³/mol. The van der Waals surface area contributed by atoms with Gasteiger partial charge in [0.15, 0.2) is 26.6 Å². The molecule has 1 saturated heterocycles. The number of amides is 1. The zero-order valence-electron chi connectivity index (χ0n) is 19.8. The van der Waals surface area contributed by atoms with Crippen LogP contribution in [-0.4, -0.2) is 74.1 Å². The Balaban J connectivity index is 1.54. The Bertz CT molecular complexity index is 1410. The number of ether oxygens (including phenoxy) is 1. The second-order valence-electron chi connectivity index (χ2n) is 8.33. The van der Waals surface area contributed by atoms with E-state index in [1.807, 2.05) is 0 Å². The van der Waals surface area contributed by atoms with Gasteiger partial charge in [-0.1, -0.05) is 10.3 Å². The van der Waals surface area contributed by atoms with E-state index in [4.69, 9.17) is 4.74 Å². The molecule has 1 aliphatic heterocycles. The van der Waals surface area contributed by atoms with Crippen LogP contribution in [0.1, 0.15) is 22.5 Å². The van der Waals surface area contributed by atoms with Crippen molar-refractivity contribution >= 4 is 27.5 Å². The number of nitrogens with zero attached hydrogens (tertiary/aromatic N) is 5. The fraction of sp³-hybridized carbons (Fsp3) is 0.391. The number of methoxy groups -OCH3 is 1. The minimum atomic E-state index is -4.69. The Kier molecular flexibility index (Phi) is 7.73. The van der Waals surface area contributed by atoms with Gasteiger partial charge in [0.2, 0.25) is 0 Å². The molecule has 1 fully saturated rings. The number of carbonyl (C=O) groups is 1. The van der Waals surface area contributed by atoms with Gasteiger partial charge in [0.05, 0.1) is 18.7 Å². The zero-order valence-corrected chi connectivity index (χ0v) is 20.6. The number of fused-ring (bicyclic) bond motifs is 1. The van der Waals surface area contributed by atoms with Gasteiger partial charge in [-0.05, 0) is 30.7 Å². The lowest BCUT2D eigenvalue weighted by atomic mass is 10.2. The van der Waals surface area contributed by atoms with Crippen LogP contribution in [0.3, 0.4) is 0 Å². The number of sulfonamides is 1. The molecule has 37 heavy (non-hydrogen) atoms. The average Bonchev–Trinajstić information content (AvgIpc) is 2.89. The van der Waals surface area contributed by atoms with Gasteiger partial charge in [-0.2, -0.15) is 13.2 Å². The van der Waals surface area contributed by atoms with Crippen molar-refractivity contribution in [2.45, 2.75) is 24.0 Å². The van der Waals surface area contributed by atoms with E-state index in [0.717, 1.165) is 22.5 Å². The van der Waals surface area contributed by atoms with Gasteiger partial charge in [-0.3, -0.25) is 14.2 Å². The van der Waals surface area contributed by atoms with Crippen LogP contribution in [0.2, 0.25) is 0 Å². The normalized spacial score (nSPS) is 16.6. The van der Waals surface area contributed by atoms with E-state index in [1.165, 1.54) is 22.8 Å². The highest BCUT2D eigenvalue weighted by atomic mass is 32.3. The molecule has 0 aliphatic carbocycles. The Morgan fingerprint density at radius 3 is 2.57 bits per heavy atom. The molecule has 3 aromatic rings. The van der Waals surface area contributed by atoms with E-state index >= 15 is 0 Å². The second-order valence-corrected chi connectivity index (χ2v) is 10.3. The quantitative estimate of drug-likeness (QED) is 0.333. The number of hydrogen-bond acceptors (Lipinski definition) is 7. The van der Waals surface area contributed by atoms with Crippen molar-refractivity contribution in [2.75, 3.05) is 39.9 Å². The Labute approximate surface area is 211 Å². The molecule has 0 N–H and O–H groups in total. The van der Waals surface area contributed by atoms with E-state index in [-0.39, 0.29) is 38.4 Å². The molecule has 0 radical (unpaired) electrons. The Hall–Kier alpha value is -3.20. The topological polar surface area (TPSA) is 121 Å². The minimum Gasteiger partial charge on any atom is -0.593 e. The van der Waals surface area contributed by atoms with Crippen LogP contribution < -0.4 is 5.56 Å². The maximum Gasteiger partial charge on any atom is 0.416 e. The third kappa shape index (κ3) is 5.56. The summed E-state index contributed by atoms with van der Waals surface area (Å²) in [5.41, 5.74) is -1.31. The van der Waals surface area contributed by atoms with Gasteiger partial charge >= 0.3 is 6.18 Å². The van der Waals surface area contributed by atoms with Gasteiger partial charge in [0.25, 0.3) is 11.5 Å². The molecule has 1 atom stereocenters. The molecule has 1 unspecified atom stereocenters. The SMILES string of the molecule is COCCCn1c(=O)c(C(=O)N2CCN([S+](=O)([O-])c3cccc(C(F)(F)F)c3)CC2)nc2cccnc21. The number of aryl methyl sites for hydroxylation is 1. The number of alkyl halides is 3. The third-order valence-electron chi connectivity index (χ3n) is 5.96. The second kappa shape index (κ2) is 10.7. The molecule has 1 aromatic carbocycles. The Morgan fingerprint density at radius 1 is 1.16 bits per heavy atom. The minimum absolute atomic E-state index is 0.0626. The first-order valence-corrected chi connectivity index (χ1v) is 12.8. The van der Waals surface area contributed by atoms with E-state index in [2.05, 4.69) is 9.97 Å². The molecule has 198 valence electrons. The maximum atomic E-state index is 13.2. The lowest BCUT2D eigenvalue weighted by Crippen LogP contribution is -2.53. The first-order chi connectivity index (χ1) is 17.5. The van der Waals surface area contributed by atoms with Crippen LogP contribution in [-0.2, 0) is 32.1 Å². The largest absolute Gasteiger partial charge is 0.593 e. The fourth-order valence-electron chi connectivity index (χ4n) is 4.05. The van der Waals surface area contributed by atoms with Crippen LogP contribution in [0, 0.1) is 0 Å². The summed E-state index contributed by atoms with van der Waals surface area (Å²) in [6.07, 6.45) is -2.66. The van der Waals surface area contributed by atoms with Gasteiger partial charge in [0, 0.05) is 45.6 Å². The summed E-state index contributed by atoms with van der Waals surface area (Å²) < 4.78 is 72.5. The molecule has 14 heteroatoms. The smallest absolute Gasteiger partial charge is 0.416 e. The van der Waals surface area contributed by atoms with Gasteiger partial charge in [-0.15, -0.1) is 4.31 Å².